The molecule has 0 saturated carbocycles. The summed E-state index contributed by atoms with van der Waals surface area (Å²) in [5.41, 5.74) is 7.97. The number of hydrogen-bond acceptors (Lipinski definition) is 3. The second-order valence-corrected chi connectivity index (χ2v) is 10.4. The van der Waals surface area contributed by atoms with Gasteiger partial charge in [0.05, 0.1) is 17.3 Å². The van der Waals surface area contributed by atoms with Gasteiger partial charge in [-0.3, -0.25) is 0 Å². The maximum absolute atomic E-state index is 10.2. The molecule has 2 heterocycles. The van der Waals surface area contributed by atoms with Crippen molar-refractivity contribution in [3.8, 4) is 6.07 Å². The lowest BCUT2D eigenvalue weighted by molar-refractivity contribution is 0.743. The van der Waals surface area contributed by atoms with Gasteiger partial charge >= 0.3 is 0 Å². The van der Waals surface area contributed by atoms with Crippen LogP contribution in [0.3, 0.4) is 0 Å². The smallest absolute Gasteiger partial charge is 0.101 e. The van der Waals surface area contributed by atoms with Crippen molar-refractivity contribution in [3.63, 3.8) is 0 Å². The summed E-state index contributed by atoms with van der Waals surface area (Å²) in [5, 5.41) is 10.6. The number of anilines is 2. The predicted molar refractivity (Wildman–Crippen MR) is 140 cm³/mol. The van der Waals surface area contributed by atoms with Gasteiger partial charge in [-0.2, -0.15) is 5.26 Å². The fourth-order valence-electron chi connectivity index (χ4n) is 5.91. The van der Waals surface area contributed by atoms with Gasteiger partial charge in [-0.25, -0.2) is 0 Å². The summed E-state index contributed by atoms with van der Waals surface area (Å²) in [7, 11) is 0. The molecule has 2 aliphatic heterocycles. The van der Waals surface area contributed by atoms with E-state index in [1.165, 1.54) is 27.3 Å². The van der Waals surface area contributed by atoms with Gasteiger partial charge in [0.1, 0.15) is 6.07 Å². The minimum absolute atomic E-state index is 0.166. The lowest BCUT2D eigenvalue weighted by Crippen LogP contribution is -2.30. The first-order valence-electron chi connectivity index (χ1n) is 11.8. The van der Waals surface area contributed by atoms with E-state index >= 15 is 0 Å². The Morgan fingerprint density at radius 1 is 0.794 bits per heavy atom. The van der Waals surface area contributed by atoms with Gasteiger partial charge in [0, 0.05) is 33.2 Å². The highest BCUT2D eigenvalue weighted by atomic mass is 32.2. The third kappa shape index (κ3) is 2.82. The molecule has 7 rings (SSSR count). The highest BCUT2D eigenvalue weighted by Crippen LogP contribution is 2.53. The second-order valence-electron chi connectivity index (χ2n) is 9.16. The topological polar surface area (TPSA) is 27.0 Å². The Kier molecular flexibility index (Phi) is 4.43. The normalized spacial score (nSPS) is 25.3. The zero-order valence-corrected chi connectivity index (χ0v) is 19.3. The van der Waals surface area contributed by atoms with Crippen molar-refractivity contribution < 1.29 is 0 Å². The molecule has 4 unspecified atom stereocenters. The molecule has 3 aromatic carbocycles. The zero-order chi connectivity index (χ0) is 22.6. The molecule has 0 bridgehead atoms. The van der Waals surface area contributed by atoms with Crippen molar-refractivity contribution in [1.82, 2.24) is 0 Å². The van der Waals surface area contributed by atoms with Gasteiger partial charge in [-0.05, 0) is 34.9 Å². The Labute approximate surface area is 204 Å². The Balaban J connectivity index is 1.41. The van der Waals surface area contributed by atoms with Gasteiger partial charge < -0.3 is 4.90 Å². The number of para-hydroxylation sites is 2. The van der Waals surface area contributed by atoms with Crippen molar-refractivity contribution in [3.05, 3.63) is 132 Å². The third-order valence-corrected chi connectivity index (χ3v) is 8.74. The molecule has 0 saturated heterocycles. The van der Waals surface area contributed by atoms with Gasteiger partial charge in [-0.1, -0.05) is 91.1 Å². The SMILES string of the molecule is N#Cc1cccc(C2=CC3c4ccccc4SC3C=C2)c1N1c2ccccc2C2C=CC=CC21. The molecule has 34 heavy (non-hydrogen) atoms. The van der Waals surface area contributed by atoms with Crippen LogP contribution in [0.15, 0.2) is 114 Å². The Morgan fingerprint density at radius 2 is 1.62 bits per heavy atom. The fourth-order valence-corrected chi connectivity index (χ4v) is 7.23. The van der Waals surface area contributed by atoms with Crippen LogP contribution in [0, 0.1) is 11.3 Å². The summed E-state index contributed by atoms with van der Waals surface area (Å²) in [6.07, 6.45) is 15.8. The van der Waals surface area contributed by atoms with Gasteiger partial charge in [0.2, 0.25) is 0 Å². The third-order valence-electron chi connectivity index (χ3n) is 7.39. The molecule has 162 valence electrons. The van der Waals surface area contributed by atoms with Crippen LogP contribution in [0.5, 0.6) is 0 Å². The lowest BCUT2D eigenvalue weighted by atomic mass is 9.86. The molecular formula is C31H22N2S. The molecule has 0 spiro atoms. The minimum Gasteiger partial charge on any atom is -0.332 e. The molecule has 0 fully saturated rings. The number of fused-ring (bicyclic) bond motifs is 6. The molecule has 4 atom stereocenters. The van der Waals surface area contributed by atoms with Crippen LogP contribution < -0.4 is 4.90 Å². The highest BCUT2D eigenvalue weighted by molar-refractivity contribution is 8.00. The van der Waals surface area contributed by atoms with Gasteiger partial charge in [0.25, 0.3) is 0 Å². The Morgan fingerprint density at radius 3 is 2.53 bits per heavy atom. The molecule has 0 amide bonds. The Hall–Kier alpha value is -3.74. The molecule has 3 heteroatoms. The molecule has 0 N–H and O–H groups in total. The van der Waals surface area contributed by atoms with Crippen LogP contribution >= 0.6 is 11.8 Å². The van der Waals surface area contributed by atoms with E-state index in [9.17, 15) is 5.26 Å². The van der Waals surface area contributed by atoms with E-state index in [-0.39, 0.29) is 6.04 Å². The molecular weight excluding hydrogens is 432 g/mol. The maximum Gasteiger partial charge on any atom is 0.101 e. The number of rotatable bonds is 2. The predicted octanol–water partition coefficient (Wildman–Crippen LogP) is 7.50. The summed E-state index contributed by atoms with van der Waals surface area (Å²) in [4.78, 5) is 3.77. The van der Waals surface area contributed by atoms with Crippen LogP contribution in [0.4, 0.5) is 11.4 Å². The number of allylic oxidation sites excluding steroid dienone is 5. The number of nitriles is 1. The van der Waals surface area contributed by atoms with Crippen molar-refractivity contribution in [2.75, 3.05) is 4.90 Å². The largest absolute Gasteiger partial charge is 0.332 e. The summed E-state index contributed by atoms with van der Waals surface area (Å²) in [5.74, 6) is 0.648. The molecule has 0 radical (unpaired) electrons. The van der Waals surface area contributed by atoms with Crippen LogP contribution in [0.25, 0.3) is 5.57 Å². The standard InChI is InChI=1S/C31H22N2S/c32-19-21-8-7-12-22(20-16-17-30-26(18-20)25-11-3-6-15-29(25)34-30)31(21)33-27-13-4-1-9-23(27)24-10-2-5-14-28(24)33/h1-18,23,26-27,30H. The fraction of sp³-hybridized carbons (Fsp3) is 0.129. The van der Waals surface area contributed by atoms with E-state index in [0.717, 1.165) is 11.3 Å². The number of benzene rings is 3. The number of thioether (sulfide) groups is 1. The van der Waals surface area contributed by atoms with Crippen LogP contribution in [-0.4, -0.2) is 11.3 Å². The van der Waals surface area contributed by atoms with E-state index in [2.05, 4.69) is 108 Å². The van der Waals surface area contributed by atoms with Crippen LogP contribution in [0.1, 0.15) is 34.1 Å². The first-order chi connectivity index (χ1) is 16.8. The van der Waals surface area contributed by atoms with E-state index in [4.69, 9.17) is 0 Å². The Bertz CT molecular complexity index is 1490. The van der Waals surface area contributed by atoms with Crippen molar-refractivity contribution >= 4 is 28.7 Å². The van der Waals surface area contributed by atoms with Gasteiger partial charge in [0.15, 0.2) is 0 Å². The lowest BCUT2D eigenvalue weighted by Gasteiger charge is -2.32. The summed E-state index contributed by atoms with van der Waals surface area (Å²) in [6, 6.07) is 26.2. The van der Waals surface area contributed by atoms with E-state index < -0.39 is 0 Å². The minimum atomic E-state index is 0.166. The second kappa shape index (κ2) is 7.65. The van der Waals surface area contributed by atoms with E-state index in [1.807, 2.05) is 23.9 Å². The molecule has 0 aromatic heterocycles. The summed E-state index contributed by atoms with van der Waals surface area (Å²) >= 11 is 1.95. The van der Waals surface area contributed by atoms with E-state index in [1.54, 1.807) is 0 Å². The molecule has 2 aliphatic carbocycles. The average Bonchev–Trinajstić information content (AvgIpc) is 3.43. The van der Waals surface area contributed by atoms with Crippen molar-refractivity contribution in [2.24, 2.45) is 0 Å². The number of nitrogens with zero attached hydrogens (tertiary/aromatic N) is 2. The quantitative estimate of drug-likeness (QED) is 0.401. The first-order valence-corrected chi connectivity index (χ1v) is 12.6. The van der Waals surface area contributed by atoms with Crippen molar-refractivity contribution in [2.45, 2.75) is 28.0 Å². The molecule has 3 aromatic rings. The summed E-state index contributed by atoms with van der Waals surface area (Å²) < 4.78 is 0. The average molecular weight is 455 g/mol. The monoisotopic (exact) mass is 454 g/mol. The molecule has 2 nitrogen and oxygen atoms in total. The molecule has 4 aliphatic rings. The zero-order valence-electron chi connectivity index (χ0n) is 18.5. The maximum atomic E-state index is 10.2. The van der Waals surface area contributed by atoms with E-state index in [0.29, 0.717) is 22.6 Å². The van der Waals surface area contributed by atoms with Crippen molar-refractivity contribution in [1.29, 1.82) is 5.26 Å². The summed E-state index contributed by atoms with van der Waals surface area (Å²) in [6.45, 7) is 0. The highest BCUT2D eigenvalue weighted by Gasteiger charge is 2.39. The van der Waals surface area contributed by atoms with Crippen LogP contribution in [-0.2, 0) is 0 Å². The van der Waals surface area contributed by atoms with Crippen LogP contribution in [0.2, 0.25) is 0 Å². The van der Waals surface area contributed by atoms with Gasteiger partial charge in [-0.15, -0.1) is 11.8 Å². The first kappa shape index (κ1) is 19.7. The number of hydrogen-bond donors (Lipinski definition) is 0.